The number of nitrogens with one attached hydrogen (secondary N) is 1. The molecule has 2 aromatic heterocycles. The van der Waals surface area contributed by atoms with Crippen LogP contribution in [0.15, 0.2) is 65.1 Å². The third-order valence-electron chi connectivity index (χ3n) is 5.19. The van der Waals surface area contributed by atoms with Gasteiger partial charge in [-0.05, 0) is 62.4 Å². The maximum Gasteiger partial charge on any atom is 0.251 e. The van der Waals surface area contributed by atoms with E-state index in [2.05, 4.69) is 46.3 Å². The van der Waals surface area contributed by atoms with E-state index in [1.54, 1.807) is 0 Å². The van der Waals surface area contributed by atoms with E-state index in [9.17, 15) is 8.42 Å². The monoisotopic (exact) mass is 481 g/mol. The van der Waals surface area contributed by atoms with Crippen LogP contribution in [0.2, 0.25) is 0 Å². The van der Waals surface area contributed by atoms with Crippen LogP contribution < -0.4 is 4.72 Å². The Balaban J connectivity index is 1.67. The molecule has 4 aromatic rings. The van der Waals surface area contributed by atoms with Crippen LogP contribution in [0.5, 0.6) is 0 Å². The molecule has 0 aliphatic carbocycles. The van der Waals surface area contributed by atoms with Crippen molar-refractivity contribution in [3.63, 3.8) is 0 Å². The van der Waals surface area contributed by atoms with E-state index >= 15 is 0 Å². The van der Waals surface area contributed by atoms with Crippen molar-refractivity contribution < 1.29 is 8.42 Å². The minimum absolute atomic E-state index is 0.390. The van der Waals surface area contributed by atoms with Crippen LogP contribution in [0.3, 0.4) is 0 Å². The number of benzene rings is 2. The Morgan fingerprint density at radius 2 is 1.76 bits per heavy atom. The lowest BCUT2D eigenvalue weighted by Crippen LogP contribution is -2.40. The van der Waals surface area contributed by atoms with Gasteiger partial charge in [-0.2, -0.15) is 0 Å². The minimum Gasteiger partial charge on any atom is -0.326 e. The van der Waals surface area contributed by atoms with Crippen molar-refractivity contribution in [3.8, 4) is 11.1 Å². The van der Waals surface area contributed by atoms with Crippen molar-refractivity contribution in [2.75, 3.05) is 0 Å². The van der Waals surface area contributed by atoms with Crippen molar-refractivity contribution >= 4 is 32.4 Å². The highest BCUT2D eigenvalue weighted by molar-refractivity contribution is 7.91. The quantitative estimate of drug-likeness (QED) is 0.347. The van der Waals surface area contributed by atoms with Crippen LogP contribution in [0.25, 0.3) is 22.2 Å². The maximum atomic E-state index is 13.2. The molecule has 0 atom stereocenters. The summed E-state index contributed by atoms with van der Waals surface area (Å²) in [6, 6.07) is 18.3. The van der Waals surface area contributed by atoms with Gasteiger partial charge in [0, 0.05) is 22.5 Å². The zero-order chi connectivity index (χ0) is 23.8. The average Bonchev–Trinajstić information content (AvgIpc) is 3.32. The molecular weight excluding hydrogens is 450 g/mol. The number of sulfonamides is 1. The number of hydrogen-bond donors (Lipinski definition) is 1. The first-order chi connectivity index (χ1) is 15.5. The van der Waals surface area contributed by atoms with Gasteiger partial charge in [-0.25, -0.2) is 18.1 Å². The van der Waals surface area contributed by atoms with E-state index in [0.717, 1.165) is 39.0 Å². The van der Waals surface area contributed by atoms with Crippen LogP contribution in [-0.4, -0.2) is 23.5 Å². The predicted octanol–water partition coefficient (Wildman–Crippen LogP) is 6.09. The van der Waals surface area contributed by atoms with E-state index in [1.807, 2.05) is 63.5 Å². The fraction of sp³-hybridized carbons (Fsp3) is 0.346. The topological polar surface area (TPSA) is 64.0 Å². The summed E-state index contributed by atoms with van der Waals surface area (Å²) < 4.78 is 31.8. The summed E-state index contributed by atoms with van der Waals surface area (Å²) in [7, 11) is -3.63. The highest BCUT2D eigenvalue weighted by Gasteiger charge is 2.27. The first-order valence-corrected chi connectivity index (χ1v) is 13.5. The van der Waals surface area contributed by atoms with Gasteiger partial charge >= 0.3 is 0 Å². The Labute approximate surface area is 200 Å². The molecule has 0 unspecified atom stereocenters. The largest absolute Gasteiger partial charge is 0.326 e. The van der Waals surface area contributed by atoms with Gasteiger partial charge in [0.25, 0.3) is 10.0 Å². The van der Waals surface area contributed by atoms with Crippen LogP contribution in [-0.2, 0) is 23.0 Å². The van der Waals surface area contributed by atoms with Crippen molar-refractivity contribution in [2.24, 2.45) is 5.92 Å². The summed E-state index contributed by atoms with van der Waals surface area (Å²) in [6.07, 6.45) is 2.72. The molecule has 5 nitrogen and oxygen atoms in total. The number of nitrogens with zero attached hydrogens (tertiary/aromatic N) is 2. The zero-order valence-electron chi connectivity index (χ0n) is 19.8. The molecule has 2 heterocycles. The van der Waals surface area contributed by atoms with Crippen molar-refractivity contribution in [1.29, 1.82) is 0 Å². The summed E-state index contributed by atoms with van der Waals surface area (Å²) in [5.41, 5.74) is 4.35. The van der Waals surface area contributed by atoms with Gasteiger partial charge in [-0.3, -0.25) is 0 Å². The molecule has 0 amide bonds. The molecule has 33 heavy (non-hydrogen) atoms. The number of hydrogen-bond acceptors (Lipinski definition) is 4. The molecule has 174 valence electrons. The molecule has 0 saturated heterocycles. The smallest absolute Gasteiger partial charge is 0.251 e. The Morgan fingerprint density at radius 3 is 2.42 bits per heavy atom. The molecule has 0 saturated carbocycles. The second kappa shape index (κ2) is 9.05. The summed E-state index contributed by atoms with van der Waals surface area (Å²) in [5.74, 6) is 0.454. The molecule has 0 fully saturated rings. The van der Waals surface area contributed by atoms with E-state index in [4.69, 9.17) is 0 Å². The minimum atomic E-state index is -3.63. The number of para-hydroxylation sites is 2. The molecule has 1 N–H and O–H groups in total. The number of fused-ring (bicyclic) bond motifs is 1. The molecular formula is C26H31N3O2S2. The van der Waals surface area contributed by atoms with Crippen LogP contribution in [0.4, 0.5) is 0 Å². The average molecular weight is 482 g/mol. The SMILES string of the molecule is CC(C)Cc1cc(-c2ccc(Cn3cnc4ccccc43)cc2)c(S(=O)(=O)NC(C)(C)C)s1. The van der Waals surface area contributed by atoms with Crippen LogP contribution in [0.1, 0.15) is 45.1 Å². The highest BCUT2D eigenvalue weighted by atomic mass is 32.2. The lowest BCUT2D eigenvalue weighted by atomic mass is 10.0. The summed E-state index contributed by atoms with van der Waals surface area (Å²) in [6.45, 7) is 10.6. The lowest BCUT2D eigenvalue weighted by Gasteiger charge is -2.20. The van der Waals surface area contributed by atoms with Crippen LogP contribution >= 0.6 is 11.3 Å². The Bertz CT molecular complexity index is 1360. The molecule has 2 aromatic carbocycles. The van der Waals surface area contributed by atoms with E-state index < -0.39 is 15.6 Å². The maximum absolute atomic E-state index is 13.2. The van der Waals surface area contributed by atoms with Crippen molar-refractivity contribution in [1.82, 2.24) is 14.3 Å². The summed E-state index contributed by atoms with van der Waals surface area (Å²) in [5, 5.41) is 0. The first-order valence-electron chi connectivity index (χ1n) is 11.2. The molecule has 0 aliphatic heterocycles. The second-order valence-electron chi connectivity index (χ2n) is 9.93. The zero-order valence-corrected chi connectivity index (χ0v) is 21.4. The summed E-state index contributed by atoms with van der Waals surface area (Å²) >= 11 is 1.38. The standard InChI is InChI=1S/C26H31N3O2S2/c1-18(2)14-21-15-22(25(32-21)33(30,31)28-26(3,4)5)20-12-10-19(11-13-20)16-29-17-27-23-8-6-7-9-24(23)29/h6-13,15,17-18,28H,14,16H2,1-5H3. The van der Waals surface area contributed by atoms with Gasteiger partial charge in [0.1, 0.15) is 4.21 Å². The molecule has 0 bridgehead atoms. The fourth-order valence-electron chi connectivity index (χ4n) is 3.90. The van der Waals surface area contributed by atoms with E-state index in [0.29, 0.717) is 16.7 Å². The van der Waals surface area contributed by atoms with Gasteiger partial charge in [-0.1, -0.05) is 50.2 Å². The third-order valence-corrected chi connectivity index (χ3v) is 8.64. The Kier molecular flexibility index (Phi) is 6.49. The number of rotatable bonds is 7. The number of aromatic nitrogens is 2. The van der Waals surface area contributed by atoms with Gasteiger partial charge in [-0.15, -0.1) is 11.3 Å². The van der Waals surface area contributed by atoms with Crippen molar-refractivity contribution in [3.05, 3.63) is 71.4 Å². The highest BCUT2D eigenvalue weighted by Crippen LogP contribution is 2.37. The third kappa shape index (κ3) is 5.54. The van der Waals surface area contributed by atoms with Gasteiger partial charge in [0.15, 0.2) is 0 Å². The Morgan fingerprint density at radius 1 is 1.06 bits per heavy atom. The predicted molar refractivity (Wildman–Crippen MR) is 137 cm³/mol. The molecule has 7 heteroatoms. The molecule has 0 radical (unpaired) electrons. The second-order valence-corrected chi connectivity index (χ2v) is 12.9. The van der Waals surface area contributed by atoms with Crippen molar-refractivity contribution in [2.45, 2.75) is 57.3 Å². The molecule has 0 spiro atoms. The van der Waals surface area contributed by atoms with Gasteiger partial charge in [0.2, 0.25) is 0 Å². The molecule has 4 rings (SSSR count). The molecule has 0 aliphatic rings. The van der Waals surface area contributed by atoms with E-state index in [-0.39, 0.29) is 0 Å². The normalized spacial score (nSPS) is 12.7. The fourth-order valence-corrected chi connectivity index (χ4v) is 7.27. The Hall–Kier alpha value is -2.48. The first kappa shape index (κ1) is 23.7. The number of imidazole rings is 1. The summed E-state index contributed by atoms with van der Waals surface area (Å²) in [4.78, 5) is 5.55. The van der Waals surface area contributed by atoms with Gasteiger partial charge < -0.3 is 4.57 Å². The number of thiophene rings is 1. The van der Waals surface area contributed by atoms with E-state index in [1.165, 1.54) is 11.3 Å². The van der Waals surface area contributed by atoms with Crippen LogP contribution in [0, 0.1) is 5.92 Å². The van der Waals surface area contributed by atoms with Gasteiger partial charge in [0.05, 0.1) is 17.4 Å². The lowest BCUT2D eigenvalue weighted by molar-refractivity contribution is 0.493.